The minimum Gasteiger partial charge on any atom is -0.331 e. The zero-order chi connectivity index (χ0) is 14.4. The van der Waals surface area contributed by atoms with Gasteiger partial charge in [0.1, 0.15) is 5.82 Å². The maximum absolute atomic E-state index is 12.1. The predicted octanol–water partition coefficient (Wildman–Crippen LogP) is 2.05. The summed E-state index contributed by atoms with van der Waals surface area (Å²) in [6, 6.07) is 5.89. The number of amides is 1. The molecule has 0 bridgehead atoms. The average Bonchev–Trinajstić information content (AvgIpc) is 3.06. The van der Waals surface area contributed by atoms with Gasteiger partial charge in [-0.25, -0.2) is 4.98 Å². The van der Waals surface area contributed by atoms with Crippen LogP contribution in [0.2, 0.25) is 0 Å². The zero-order valence-electron chi connectivity index (χ0n) is 11.9. The smallest absolute Gasteiger partial charge is 0.242 e. The van der Waals surface area contributed by atoms with Crippen molar-refractivity contribution in [3.8, 4) is 0 Å². The van der Waals surface area contributed by atoms with E-state index in [9.17, 15) is 4.79 Å². The number of rotatable bonds is 3. The van der Waals surface area contributed by atoms with Gasteiger partial charge in [-0.05, 0) is 31.0 Å². The Morgan fingerprint density at radius 2 is 2.33 bits per heavy atom. The van der Waals surface area contributed by atoms with Gasteiger partial charge < -0.3 is 9.88 Å². The molecule has 110 valence electrons. The molecule has 21 heavy (non-hydrogen) atoms. The summed E-state index contributed by atoms with van der Waals surface area (Å²) in [4.78, 5) is 16.9. The number of nitrogens with zero attached hydrogens (tertiary/aromatic N) is 2. The van der Waals surface area contributed by atoms with Crippen molar-refractivity contribution < 1.29 is 4.79 Å². The van der Waals surface area contributed by atoms with Crippen LogP contribution in [0.3, 0.4) is 0 Å². The predicted molar refractivity (Wildman–Crippen MR) is 85.6 cm³/mol. The van der Waals surface area contributed by atoms with Gasteiger partial charge in [-0.1, -0.05) is 0 Å². The number of imidazole rings is 1. The lowest BCUT2D eigenvalue weighted by Gasteiger charge is -2.10. The van der Waals surface area contributed by atoms with Gasteiger partial charge in [-0.15, -0.1) is 11.8 Å². The van der Waals surface area contributed by atoms with E-state index in [1.54, 1.807) is 11.8 Å². The molecular weight excluding hydrogens is 284 g/mol. The van der Waals surface area contributed by atoms with E-state index in [4.69, 9.17) is 4.98 Å². The van der Waals surface area contributed by atoms with Crippen LogP contribution < -0.4 is 10.6 Å². The summed E-state index contributed by atoms with van der Waals surface area (Å²) in [5.41, 5.74) is 2.92. The third-order valence-electron chi connectivity index (χ3n) is 4.16. The second kappa shape index (κ2) is 5.03. The molecule has 2 aromatic rings. The van der Waals surface area contributed by atoms with Crippen LogP contribution in [-0.4, -0.2) is 33.1 Å². The van der Waals surface area contributed by atoms with Crippen molar-refractivity contribution in [1.82, 2.24) is 14.9 Å². The molecule has 1 atom stereocenters. The fourth-order valence-corrected chi connectivity index (χ4v) is 3.74. The minimum absolute atomic E-state index is 0.0395. The summed E-state index contributed by atoms with van der Waals surface area (Å²) in [7, 11) is 2.07. The molecule has 2 N–H and O–H groups in total. The van der Waals surface area contributed by atoms with E-state index in [0.29, 0.717) is 5.92 Å². The summed E-state index contributed by atoms with van der Waals surface area (Å²) < 4.78 is 2.17. The van der Waals surface area contributed by atoms with Crippen LogP contribution in [0.15, 0.2) is 18.2 Å². The lowest BCUT2D eigenvalue weighted by atomic mass is 10.2. The standard InChI is InChI=1S/C15H18N4OS/c1-19-13-5-4-10(17-15(20)12-7-21-8-16-12)6-11(13)18-14(19)9-2-3-9/h4-6,9,12,16H,2-3,7-8H2,1H3,(H,17,20). The monoisotopic (exact) mass is 302 g/mol. The second-order valence-electron chi connectivity index (χ2n) is 5.77. The SMILES string of the molecule is Cn1c(C2CC2)nc2cc(NC(=O)C3CSCN3)ccc21. The van der Waals surface area contributed by atoms with E-state index in [-0.39, 0.29) is 11.9 Å². The van der Waals surface area contributed by atoms with Gasteiger partial charge in [0.15, 0.2) is 0 Å². The number of carbonyl (C=O) groups is 1. The first kappa shape index (κ1) is 13.2. The highest BCUT2D eigenvalue weighted by Crippen LogP contribution is 2.40. The zero-order valence-corrected chi connectivity index (χ0v) is 12.7. The number of anilines is 1. The first-order chi connectivity index (χ1) is 10.2. The molecule has 2 fully saturated rings. The van der Waals surface area contributed by atoms with Gasteiger partial charge in [-0.2, -0.15) is 0 Å². The largest absolute Gasteiger partial charge is 0.331 e. The minimum atomic E-state index is -0.0866. The van der Waals surface area contributed by atoms with Gasteiger partial charge >= 0.3 is 0 Å². The molecule has 1 aliphatic heterocycles. The van der Waals surface area contributed by atoms with Gasteiger partial charge in [0.25, 0.3) is 0 Å². The van der Waals surface area contributed by atoms with Gasteiger partial charge in [0.05, 0.1) is 17.1 Å². The summed E-state index contributed by atoms with van der Waals surface area (Å²) >= 11 is 1.75. The molecule has 0 radical (unpaired) electrons. The van der Waals surface area contributed by atoms with E-state index in [0.717, 1.165) is 28.4 Å². The number of thioether (sulfide) groups is 1. The molecule has 1 amide bonds. The first-order valence-electron chi connectivity index (χ1n) is 7.31. The third-order valence-corrected chi connectivity index (χ3v) is 5.10. The molecule has 1 aromatic heterocycles. The Balaban J connectivity index is 1.59. The molecule has 0 spiro atoms. The topological polar surface area (TPSA) is 59.0 Å². The Morgan fingerprint density at radius 1 is 1.48 bits per heavy atom. The van der Waals surface area contributed by atoms with E-state index >= 15 is 0 Å². The number of nitrogens with one attached hydrogen (secondary N) is 2. The van der Waals surface area contributed by atoms with Crippen LogP contribution in [0.25, 0.3) is 11.0 Å². The number of hydrogen-bond acceptors (Lipinski definition) is 4. The Morgan fingerprint density at radius 3 is 3.05 bits per heavy atom. The molecule has 1 saturated heterocycles. The van der Waals surface area contributed by atoms with Crippen molar-refractivity contribution in [3.63, 3.8) is 0 Å². The Kier molecular flexibility index (Phi) is 3.15. The summed E-state index contributed by atoms with van der Waals surface area (Å²) in [5, 5.41) is 6.17. The number of benzene rings is 1. The highest BCUT2D eigenvalue weighted by Gasteiger charge is 2.28. The number of fused-ring (bicyclic) bond motifs is 1. The molecule has 1 saturated carbocycles. The molecule has 5 nitrogen and oxygen atoms in total. The molecule has 2 heterocycles. The van der Waals surface area contributed by atoms with Gasteiger partial charge in [0.2, 0.25) is 5.91 Å². The van der Waals surface area contributed by atoms with Crippen molar-refractivity contribution in [2.24, 2.45) is 7.05 Å². The Bertz CT molecular complexity index is 701. The number of hydrogen-bond donors (Lipinski definition) is 2. The fourth-order valence-electron chi connectivity index (χ4n) is 2.80. The van der Waals surface area contributed by atoms with Gasteiger partial charge in [-0.3, -0.25) is 10.1 Å². The summed E-state index contributed by atoms with van der Waals surface area (Å²) in [6.07, 6.45) is 2.48. The number of carbonyl (C=O) groups excluding carboxylic acids is 1. The van der Waals surface area contributed by atoms with Gasteiger partial charge in [0, 0.05) is 30.3 Å². The molecule has 1 unspecified atom stereocenters. The number of aryl methyl sites for hydroxylation is 1. The first-order valence-corrected chi connectivity index (χ1v) is 8.46. The molecule has 1 aliphatic carbocycles. The molecule has 6 heteroatoms. The lowest BCUT2D eigenvalue weighted by molar-refractivity contribution is -0.117. The van der Waals surface area contributed by atoms with Crippen LogP contribution in [0, 0.1) is 0 Å². The molecule has 1 aromatic carbocycles. The third kappa shape index (κ3) is 2.42. The van der Waals surface area contributed by atoms with Crippen molar-refractivity contribution in [2.45, 2.75) is 24.8 Å². The van der Waals surface area contributed by atoms with Crippen molar-refractivity contribution in [3.05, 3.63) is 24.0 Å². The maximum atomic E-state index is 12.1. The van der Waals surface area contributed by atoms with Crippen molar-refractivity contribution in [2.75, 3.05) is 16.9 Å². The van der Waals surface area contributed by atoms with Crippen LogP contribution in [0.5, 0.6) is 0 Å². The Hall–Kier alpha value is -1.53. The van der Waals surface area contributed by atoms with Crippen molar-refractivity contribution >= 4 is 34.4 Å². The average molecular weight is 302 g/mol. The van der Waals surface area contributed by atoms with Crippen LogP contribution in [0.4, 0.5) is 5.69 Å². The summed E-state index contributed by atoms with van der Waals surface area (Å²) in [5.74, 6) is 3.52. The summed E-state index contributed by atoms with van der Waals surface area (Å²) in [6.45, 7) is 0. The number of aromatic nitrogens is 2. The van der Waals surface area contributed by atoms with E-state index in [2.05, 4.69) is 22.2 Å². The van der Waals surface area contributed by atoms with Crippen LogP contribution >= 0.6 is 11.8 Å². The highest BCUT2D eigenvalue weighted by molar-refractivity contribution is 7.99. The molecule has 2 aliphatic rings. The normalized spacial score (nSPS) is 21.9. The second-order valence-corrected chi connectivity index (χ2v) is 6.80. The molecule has 4 rings (SSSR count). The van der Waals surface area contributed by atoms with Crippen LogP contribution in [0.1, 0.15) is 24.6 Å². The Labute approximate surface area is 127 Å². The van der Waals surface area contributed by atoms with Crippen molar-refractivity contribution in [1.29, 1.82) is 0 Å². The lowest BCUT2D eigenvalue weighted by Crippen LogP contribution is -2.37. The van der Waals surface area contributed by atoms with E-state index in [1.807, 2.05) is 18.2 Å². The fraction of sp³-hybridized carbons (Fsp3) is 0.467. The van der Waals surface area contributed by atoms with Crippen LogP contribution in [-0.2, 0) is 11.8 Å². The van der Waals surface area contributed by atoms with E-state index in [1.165, 1.54) is 18.7 Å². The van der Waals surface area contributed by atoms with E-state index < -0.39 is 0 Å². The maximum Gasteiger partial charge on any atom is 0.242 e. The quantitative estimate of drug-likeness (QED) is 0.911. The highest BCUT2D eigenvalue weighted by atomic mass is 32.2. The molecular formula is C15H18N4OS.